The third-order valence-corrected chi connectivity index (χ3v) is 4.77. The Morgan fingerprint density at radius 2 is 2.00 bits per heavy atom. The van der Waals surface area contributed by atoms with E-state index in [1.165, 1.54) is 17.8 Å². The van der Waals surface area contributed by atoms with Gasteiger partial charge in [-0.25, -0.2) is 4.98 Å². The first kappa shape index (κ1) is 11.3. The van der Waals surface area contributed by atoms with Gasteiger partial charge in [0.2, 0.25) is 0 Å². The lowest BCUT2D eigenvalue weighted by molar-refractivity contribution is 0.742. The first-order chi connectivity index (χ1) is 10.4. The molecule has 2 aliphatic rings. The van der Waals surface area contributed by atoms with E-state index in [1.807, 2.05) is 30.6 Å². The van der Waals surface area contributed by atoms with Gasteiger partial charge in [-0.1, -0.05) is 6.07 Å². The van der Waals surface area contributed by atoms with E-state index in [0.717, 1.165) is 41.7 Å². The summed E-state index contributed by atoms with van der Waals surface area (Å²) in [7, 11) is 0. The molecule has 1 fully saturated rings. The second kappa shape index (κ2) is 4.07. The van der Waals surface area contributed by atoms with Gasteiger partial charge in [0.1, 0.15) is 11.6 Å². The van der Waals surface area contributed by atoms with E-state index >= 15 is 0 Å². The maximum Gasteiger partial charge on any atom is 0.138 e. The lowest BCUT2D eigenvalue weighted by atomic mass is 10.1. The molecule has 5 rings (SSSR count). The second-order valence-electron chi connectivity index (χ2n) is 6.06. The standard InChI is InChI=1S/C17H16N4/c1-2-6-18-15(5-1)21-14-4-3-7-19-16(14)13-9-11-8-12(11)10-20-17(13)21/h1-7,11-12,20H,8-10H2. The highest BCUT2D eigenvalue weighted by Crippen LogP contribution is 2.47. The molecule has 1 saturated carbocycles. The molecule has 0 amide bonds. The van der Waals surface area contributed by atoms with Crippen molar-refractivity contribution in [1.29, 1.82) is 0 Å². The van der Waals surface area contributed by atoms with Crippen LogP contribution < -0.4 is 5.32 Å². The molecule has 0 aromatic carbocycles. The van der Waals surface area contributed by atoms with Crippen molar-refractivity contribution in [2.24, 2.45) is 11.8 Å². The average Bonchev–Trinajstić information content (AvgIpc) is 3.23. The van der Waals surface area contributed by atoms with Gasteiger partial charge in [-0.05, 0) is 48.9 Å². The molecule has 1 aliphatic heterocycles. The van der Waals surface area contributed by atoms with Crippen LogP contribution in [-0.2, 0) is 6.42 Å². The number of aromatic nitrogens is 3. The zero-order chi connectivity index (χ0) is 13.8. The van der Waals surface area contributed by atoms with Crippen molar-refractivity contribution in [3.63, 3.8) is 0 Å². The van der Waals surface area contributed by atoms with Gasteiger partial charge in [-0.2, -0.15) is 0 Å². The summed E-state index contributed by atoms with van der Waals surface area (Å²) in [5, 5.41) is 3.66. The van der Waals surface area contributed by atoms with Crippen LogP contribution in [0.4, 0.5) is 5.82 Å². The lowest BCUT2D eigenvalue weighted by Gasteiger charge is -2.11. The fourth-order valence-electron chi connectivity index (χ4n) is 3.58. The molecule has 2 atom stereocenters. The molecule has 0 bridgehead atoms. The molecule has 4 heteroatoms. The van der Waals surface area contributed by atoms with Gasteiger partial charge >= 0.3 is 0 Å². The van der Waals surface area contributed by atoms with Gasteiger partial charge < -0.3 is 5.32 Å². The molecule has 1 aliphatic carbocycles. The minimum absolute atomic E-state index is 0.837. The van der Waals surface area contributed by atoms with Crippen LogP contribution in [0.5, 0.6) is 0 Å². The number of fused-ring (bicyclic) bond motifs is 4. The van der Waals surface area contributed by atoms with E-state index in [9.17, 15) is 0 Å². The van der Waals surface area contributed by atoms with Crippen LogP contribution in [0, 0.1) is 11.8 Å². The van der Waals surface area contributed by atoms with Crippen LogP contribution in [0.3, 0.4) is 0 Å². The number of pyridine rings is 2. The fourth-order valence-corrected chi connectivity index (χ4v) is 3.58. The normalized spacial score (nSPS) is 23.0. The van der Waals surface area contributed by atoms with Crippen molar-refractivity contribution < 1.29 is 0 Å². The van der Waals surface area contributed by atoms with E-state index < -0.39 is 0 Å². The SMILES string of the molecule is c1ccc(-n2c3c(c4ncccc42)CC2CC2CN3)nc1. The van der Waals surface area contributed by atoms with Crippen molar-refractivity contribution in [3.05, 3.63) is 48.3 Å². The van der Waals surface area contributed by atoms with Gasteiger partial charge in [0.15, 0.2) is 0 Å². The van der Waals surface area contributed by atoms with E-state index in [1.54, 1.807) is 0 Å². The number of hydrogen-bond acceptors (Lipinski definition) is 3. The van der Waals surface area contributed by atoms with Crippen molar-refractivity contribution >= 4 is 16.9 Å². The molecule has 21 heavy (non-hydrogen) atoms. The first-order valence-corrected chi connectivity index (χ1v) is 7.55. The molecule has 0 radical (unpaired) electrons. The Bertz CT molecular complexity index is 821. The Morgan fingerprint density at radius 3 is 2.90 bits per heavy atom. The highest BCUT2D eigenvalue weighted by atomic mass is 15.2. The summed E-state index contributed by atoms with van der Waals surface area (Å²) in [5.41, 5.74) is 3.63. The molecule has 0 saturated heterocycles. The maximum atomic E-state index is 4.65. The van der Waals surface area contributed by atoms with Gasteiger partial charge in [0.25, 0.3) is 0 Å². The number of nitrogens with one attached hydrogen (secondary N) is 1. The van der Waals surface area contributed by atoms with Crippen LogP contribution in [0.15, 0.2) is 42.7 Å². The highest BCUT2D eigenvalue weighted by molar-refractivity contribution is 5.88. The molecule has 2 unspecified atom stereocenters. The summed E-state index contributed by atoms with van der Waals surface area (Å²) in [6.45, 7) is 1.07. The van der Waals surface area contributed by atoms with Crippen molar-refractivity contribution in [2.75, 3.05) is 11.9 Å². The molecule has 4 heterocycles. The first-order valence-electron chi connectivity index (χ1n) is 7.55. The number of anilines is 1. The molecule has 1 N–H and O–H groups in total. The van der Waals surface area contributed by atoms with Gasteiger partial charge in [-0.3, -0.25) is 9.55 Å². The summed E-state index contributed by atoms with van der Waals surface area (Å²) in [5.74, 6) is 3.83. The van der Waals surface area contributed by atoms with Crippen molar-refractivity contribution in [3.8, 4) is 5.82 Å². The largest absolute Gasteiger partial charge is 0.371 e. The average molecular weight is 276 g/mol. The van der Waals surface area contributed by atoms with E-state index in [0.29, 0.717) is 0 Å². The Balaban J connectivity index is 1.83. The zero-order valence-electron chi connectivity index (χ0n) is 11.7. The predicted octanol–water partition coefficient (Wildman–Crippen LogP) is 3.02. The van der Waals surface area contributed by atoms with E-state index in [2.05, 4.69) is 32.0 Å². The second-order valence-corrected chi connectivity index (χ2v) is 6.06. The summed E-state index contributed by atoms with van der Waals surface area (Å²) in [6.07, 6.45) is 6.23. The third kappa shape index (κ3) is 1.62. The smallest absolute Gasteiger partial charge is 0.138 e. The minimum Gasteiger partial charge on any atom is -0.371 e. The van der Waals surface area contributed by atoms with Gasteiger partial charge in [-0.15, -0.1) is 0 Å². The molecule has 104 valence electrons. The third-order valence-electron chi connectivity index (χ3n) is 4.77. The molecule has 4 nitrogen and oxygen atoms in total. The van der Waals surface area contributed by atoms with E-state index in [-0.39, 0.29) is 0 Å². The molecule has 3 aromatic rings. The van der Waals surface area contributed by atoms with E-state index in [4.69, 9.17) is 0 Å². The van der Waals surface area contributed by atoms with Gasteiger partial charge in [0.05, 0.1) is 11.0 Å². The van der Waals surface area contributed by atoms with Crippen LogP contribution in [0.25, 0.3) is 16.9 Å². The molecule has 0 spiro atoms. The molecule has 3 aromatic heterocycles. The Labute approximate surface area is 122 Å². The Kier molecular flexibility index (Phi) is 2.19. The maximum absolute atomic E-state index is 4.65. The summed E-state index contributed by atoms with van der Waals surface area (Å²) >= 11 is 0. The van der Waals surface area contributed by atoms with Crippen LogP contribution in [0.2, 0.25) is 0 Å². The van der Waals surface area contributed by atoms with Gasteiger partial charge in [0, 0.05) is 24.5 Å². The summed E-state index contributed by atoms with van der Waals surface area (Å²) in [4.78, 5) is 9.18. The minimum atomic E-state index is 0.837. The van der Waals surface area contributed by atoms with Crippen LogP contribution in [-0.4, -0.2) is 21.1 Å². The fraction of sp³-hybridized carbons (Fsp3) is 0.294. The molecular weight excluding hydrogens is 260 g/mol. The Hall–Kier alpha value is -2.36. The van der Waals surface area contributed by atoms with Crippen molar-refractivity contribution in [2.45, 2.75) is 12.8 Å². The van der Waals surface area contributed by atoms with Crippen LogP contribution in [0.1, 0.15) is 12.0 Å². The quantitative estimate of drug-likeness (QED) is 0.743. The number of nitrogens with zero attached hydrogens (tertiary/aromatic N) is 3. The monoisotopic (exact) mass is 276 g/mol. The van der Waals surface area contributed by atoms with Crippen LogP contribution >= 0.6 is 0 Å². The summed E-state index contributed by atoms with van der Waals surface area (Å²) < 4.78 is 2.22. The number of hydrogen-bond donors (Lipinski definition) is 1. The lowest BCUT2D eigenvalue weighted by Crippen LogP contribution is -2.09. The Morgan fingerprint density at radius 1 is 1.05 bits per heavy atom. The van der Waals surface area contributed by atoms with Crippen molar-refractivity contribution in [1.82, 2.24) is 14.5 Å². The summed E-state index contributed by atoms with van der Waals surface area (Å²) in [6, 6.07) is 10.2. The topological polar surface area (TPSA) is 42.7 Å². The molecular formula is C17H16N4. The number of rotatable bonds is 1. The highest BCUT2D eigenvalue weighted by Gasteiger charge is 2.40. The zero-order valence-corrected chi connectivity index (χ0v) is 11.7. The predicted molar refractivity (Wildman–Crippen MR) is 82.7 cm³/mol.